The third kappa shape index (κ3) is 6.61. The van der Waals surface area contributed by atoms with Gasteiger partial charge in [0.05, 0.1) is 18.4 Å². The highest BCUT2D eigenvalue weighted by Crippen LogP contribution is 2.16. The average molecular weight is 359 g/mol. The summed E-state index contributed by atoms with van der Waals surface area (Å²) in [6, 6.07) is 0. The van der Waals surface area contributed by atoms with E-state index in [2.05, 4.69) is 40.2 Å². The summed E-state index contributed by atoms with van der Waals surface area (Å²) in [5.41, 5.74) is 0.703. The molecule has 120 valence electrons. The van der Waals surface area contributed by atoms with E-state index in [0.29, 0.717) is 11.0 Å². The molecule has 0 aliphatic heterocycles. The minimum atomic E-state index is -0.0796. The number of likely N-dealkylation sites (N-methyl/N-ethyl adjacent to an activating group) is 1. The fourth-order valence-corrected chi connectivity index (χ4v) is 2.39. The van der Waals surface area contributed by atoms with Crippen molar-refractivity contribution in [2.24, 2.45) is 5.92 Å². The van der Waals surface area contributed by atoms with Crippen molar-refractivity contribution in [1.82, 2.24) is 14.7 Å². The van der Waals surface area contributed by atoms with Crippen LogP contribution in [-0.4, -0.2) is 41.9 Å². The van der Waals surface area contributed by atoms with Gasteiger partial charge < -0.3 is 10.2 Å². The Labute approximate surface area is 135 Å². The Morgan fingerprint density at radius 1 is 1.38 bits per heavy atom. The van der Waals surface area contributed by atoms with Gasteiger partial charge in [-0.2, -0.15) is 5.10 Å². The molecule has 1 heterocycles. The molecule has 0 aliphatic rings. The Kier molecular flexibility index (Phi) is 7.96. The first-order valence-corrected chi connectivity index (χ1v) is 8.35. The van der Waals surface area contributed by atoms with E-state index in [1.54, 1.807) is 6.20 Å². The molecule has 6 heteroatoms. The Morgan fingerprint density at radius 3 is 2.71 bits per heavy atom. The van der Waals surface area contributed by atoms with E-state index in [9.17, 15) is 4.79 Å². The third-order valence-electron chi connectivity index (χ3n) is 3.27. The van der Waals surface area contributed by atoms with E-state index in [1.165, 1.54) is 17.5 Å². The van der Waals surface area contributed by atoms with Gasteiger partial charge in [0.2, 0.25) is 0 Å². The van der Waals surface area contributed by atoms with E-state index in [0.717, 1.165) is 31.1 Å². The van der Waals surface area contributed by atoms with Crippen LogP contribution in [0.1, 0.15) is 33.1 Å². The number of nitrogens with zero attached hydrogens (tertiary/aromatic N) is 3. The molecule has 0 saturated heterocycles. The van der Waals surface area contributed by atoms with Crippen molar-refractivity contribution in [2.75, 3.05) is 32.5 Å². The second-order valence-electron chi connectivity index (χ2n) is 6.02. The van der Waals surface area contributed by atoms with Crippen molar-refractivity contribution in [3.8, 4) is 0 Å². The first-order chi connectivity index (χ1) is 9.91. The summed E-state index contributed by atoms with van der Waals surface area (Å²) in [5.74, 6) is 0.749. The van der Waals surface area contributed by atoms with Crippen LogP contribution in [0.25, 0.3) is 0 Å². The van der Waals surface area contributed by atoms with Gasteiger partial charge in [-0.3, -0.25) is 4.79 Å². The second kappa shape index (κ2) is 9.20. The lowest BCUT2D eigenvalue weighted by atomic mass is 10.1. The highest BCUT2D eigenvalue weighted by Gasteiger charge is 2.08. The molecule has 1 N–H and O–H groups in total. The smallest absolute Gasteiger partial charge is 0.283 e. The zero-order chi connectivity index (χ0) is 15.8. The molecule has 0 atom stereocenters. The number of nitrogens with one attached hydrogen (secondary N) is 1. The second-order valence-corrected chi connectivity index (χ2v) is 6.81. The van der Waals surface area contributed by atoms with Crippen LogP contribution < -0.4 is 10.9 Å². The monoisotopic (exact) mass is 358 g/mol. The normalized spacial score (nSPS) is 11.4. The van der Waals surface area contributed by atoms with Crippen molar-refractivity contribution < 1.29 is 0 Å². The zero-order valence-corrected chi connectivity index (χ0v) is 15.1. The molecule has 5 nitrogen and oxygen atoms in total. The zero-order valence-electron chi connectivity index (χ0n) is 13.5. The fraction of sp³-hybridized carbons (Fsp3) is 0.733. The largest absolute Gasteiger partial charge is 0.383 e. The van der Waals surface area contributed by atoms with Crippen LogP contribution in [0.15, 0.2) is 15.5 Å². The van der Waals surface area contributed by atoms with Crippen molar-refractivity contribution in [3.05, 3.63) is 21.0 Å². The number of anilines is 1. The highest BCUT2D eigenvalue weighted by atomic mass is 79.9. The summed E-state index contributed by atoms with van der Waals surface area (Å²) >= 11 is 3.38. The SMILES string of the molecule is CC(C)CCCCNc1cnn(CCN(C)C)c(=O)c1Br. The van der Waals surface area contributed by atoms with Gasteiger partial charge in [0.25, 0.3) is 5.56 Å². The maximum absolute atomic E-state index is 12.2. The Hall–Kier alpha value is -0.880. The highest BCUT2D eigenvalue weighted by molar-refractivity contribution is 9.10. The van der Waals surface area contributed by atoms with Crippen molar-refractivity contribution in [3.63, 3.8) is 0 Å². The molecule has 0 unspecified atom stereocenters. The first kappa shape index (κ1) is 18.2. The maximum atomic E-state index is 12.2. The predicted octanol–water partition coefficient (Wildman–Crippen LogP) is 2.81. The molecule has 0 saturated carbocycles. The van der Waals surface area contributed by atoms with Crippen LogP contribution in [0.5, 0.6) is 0 Å². The van der Waals surface area contributed by atoms with Gasteiger partial charge in [-0.25, -0.2) is 4.68 Å². The molecule has 0 spiro atoms. The molecule has 21 heavy (non-hydrogen) atoms. The minimum absolute atomic E-state index is 0.0796. The quantitative estimate of drug-likeness (QED) is 0.689. The number of aromatic nitrogens is 2. The maximum Gasteiger partial charge on any atom is 0.283 e. The number of unbranched alkanes of at least 4 members (excludes halogenated alkanes) is 1. The Bertz CT molecular complexity index is 485. The van der Waals surface area contributed by atoms with Crippen molar-refractivity contribution in [1.29, 1.82) is 0 Å². The lowest BCUT2D eigenvalue weighted by Gasteiger charge is -2.13. The molecule has 1 aromatic rings. The third-order valence-corrected chi connectivity index (χ3v) is 4.03. The van der Waals surface area contributed by atoms with E-state index in [-0.39, 0.29) is 5.56 Å². The van der Waals surface area contributed by atoms with Gasteiger partial charge in [-0.05, 0) is 42.4 Å². The number of hydrogen-bond acceptors (Lipinski definition) is 4. The summed E-state index contributed by atoms with van der Waals surface area (Å²) in [6.45, 7) is 6.73. The number of hydrogen-bond donors (Lipinski definition) is 1. The molecule has 0 aliphatic carbocycles. The predicted molar refractivity (Wildman–Crippen MR) is 91.9 cm³/mol. The van der Waals surface area contributed by atoms with Crippen LogP contribution in [-0.2, 0) is 6.54 Å². The first-order valence-electron chi connectivity index (χ1n) is 7.56. The Morgan fingerprint density at radius 2 is 2.10 bits per heavy atom. The van der Waals surface area contributed by atoms with E-state index >= 15 is 0 Å². The molecule has 0 radical (unpaired) electrons. The van der Waals surface area contributed by atoms with Gasteiger partial charge >= 0.3 is 0 Å². The average Bonchev–Trinajstić information content (AvgIpc) is 2.41. The van der Waals surface area contributed by atoms with Crippen LogP contribution in [0.3, 0.4) is 0 Å². The molecule has 0 aromatic carbocycles. The van der Waals surface area contributed by atoms with Gasteiger partial charge in [0.1, 0.15) is 4.47 Å². The summed E-state index contributed by atoms with van der Waals surface area (Å²) in [5, 5.41) is 7.51. The summed E-state index contributed by atoms with van der Waals surface area (Å²) in [4.78, 5) is 14.2. The summed E-state index contributed by atoms with van der Waals surface area (Å²) in [7, 11) is 3.96. The summed E-state index contributed by atoms with van der Waals surface area (Å²) in [6.07, 6.45) is 5.28. The van der Waals surface area contributed by atoms with Gasteiger partial charge in [0.15, 0.2) is 0 Å². The molecule has 1 rings (SSSR count). The van der Waals surface area contributed by atoms with Crippen LogP contribution in [0.4, 0.5) is 5.69 Å². The molecule has 0 amide bonds. The Balaban J connectivity index is 2.53. The fourth-order valence-electron chi connectivity index (χ4n) is 1.94. The topological polar surface area (TPSA) is 50.2 Å². The molecular weight excluding hydrogens is 332 g/mol. The minimum Gasteiger partial charge on any atom is -0.383 e. The van der Waals surface area contributed by atoms with E-state index in [1.807, 2.05) is 19.0 Å². The molecular formula is C15H27BrN4O. The van der Waals surface area contributed by atoms with Crippen LogP contribution in [0, 0.1) is 5.92 Å². The lowest BCUT2D eigenvalue weighted by Crippen LogP contribution is -2.29. The number of halogens is 1. The molecule has 1 aromatic heterocycles. The molecule has 0 bridgehead atoms. The van der Waals surface area contributed by atoms with Gasteiger partial charge in [-0.1, -0.05) is 26.7 Å². The molecule has 0 fully saturated rings. The van der Waals surface area contributed by atoms with Crippen LogP contribution >= 0.6 is 15.9 Å². The van der Waals surface area contributed by atoms with Gasteiger partial charge in [0, 0.05) is 13.1 Å². The van der Waals surface area contributed by atoms with Crippen molar-refractivity contribution >= 4 is 21.6 Å². The van der Waals surface area contributed by atoms with Gasteiger partial charge in [-0.15, -0.1) is 0 Å². The van der Waals surface area contributed by atoms with Crippen LogP contribution in [0.2, 0.25) is 0 Å². The van der Waals surface area contributed by atoms with E-state index in [4.69, 9.17) is 0 Å². The van der Waals surface area contributed by atoms with Crippen molar-refractivity contribution in [2.45, 2.75) is 39.7 Å². The summed E-state index contributed by atoms with van der Waals surface area (Å²) < 4.78 is 2.06. The lowest BCUT2D eigenvalue weighted by molar-refractivity contribution is 0.367. The number of rotatable bonds is 9. The van der Waals surface area contributed by atoms with E-state index < -0.39 is 0 Å². The standard InChI is InChI=1S/C15H27BrN4O/c1-12(2)7-5-6-8-17-13-11-18-20(10-9-19(3)4)15(21)14(13)16/h11-12,17H,5-10H2,1-4H3.